The standard InChI is InChI=1S/C25H26N2O5/c28-12-6-11-24(26-25(30)18-7-2-1-3-8-18)32-23-17-31-21(13-22(23)29)16-27-14-19-9-4-5-10-20(19)15-27/h1-5,7-10,13,17,24,28H,6,11-12,14-16H2,(H,26,30). The molecule has 2 N–H and O–H groups in total. The molecule has 3 aromatic rings. The molecule has 0 bridgehead atoms. The summed E-state index contributed by atoms with van der Waals surface area (Å²) in [5.74, 6) is 0.258. The third-order valence-electron chi connectivity index (χ3n) is 5.36. The Morgan fingerprint density at radius 3 is 2.44 bits per heavy atom. The minimum Gasteiger partial charge on any atom is -0.464 e. The Balaban J connectivity index is 1.40. The van der Waals surface area contributed by atoms with Crippen LogP contribution < -0.4 is 15.5 Å². The lowest BCUT2D eigenvalue weighted by molar-refractivity contribution is 0.0791. The van der Waals surface area contributed by atoms with E-state index in [0.29, 0.717) is 30.7 Å². The number of amides is 1. The number of nitrogens with zero attached hydrogens (tertiary/aromatic N) is 1. The second-order valence-corrected chi connectivity index (χ2v) is 7.80. The van der Waals surface area contributed by atoms with Gasteiger partial charge in [-0.15, -0.1) is 0 Å². The number of nitrogens with one attached hydrogen (secondary N) is 1. The maximum absolute atomic E-state index is 12.6. The van der Waals surface area contributed by atoms with Gasteiger partial charge in [0, 0.05) is 37.7 Å². The minimum atomic E-state index is -0.767. The molecule has 7 nitrogen and oxygen atoms in total. The van der Waals surface area contributed by atoms with Gasteiger partial charge in [-0.2, -0.15) is 0 Å². The third kappa shape index (κ3) is 5.43. The van der Waals surface area contributed by atoms with Gasteiger partial charge in [0.25, 0.3) is 5.91 Å². The summed E-state index contributed by atoms with van der Waals surface area (Å²) in [5, 5.41) is 11.9. The second-order valence-electron chi connectivity index (χ2n) is 7.80. The van der Waals surface area contributed by atoms with E-state index in [1.54, 1.807) is 24.3 Å². The molecule has 2 heterocycles. The Bertz CT molecular complexity index is 1090. The molecule has 166 valence electrons. The Morgan fingerprint density at radius 1 is 1.09 bits per heavy atom. The van der Waals surface area contributed by atoms with Crippen molar-refractivity contribution in [2.45, 2.75) is 38.7 Å². The molecule has 1 amide bonds. The normalized spacial score (nSPS) is 14.0. The van der Waals surface area contributed by atoms with Crippen molar-refractivity contribution in [2.24, 2.45) is 0 Å². The molecule has 1 unspecified atom stereocenters. The number of carbonyl (C=O) groups is 1. The van der Waals surface area contributed by atoms with E-state index in [0.717, 1.165) is 13.1 Å². The van der Waals surface area contributed by atoms with E-state index in [1.807, 2.05) is 18.2 Å². The summed E-state index contributed by atoms with van der Waals surface area (Å²) in [5.41, 5.74) is 2.75. The highest BCUT2D eigenvalue weighted by atomic mass is 16.5. The summed E-state index contributed by atoms with van der Waals surface area (Å²) in [7, 11) is 0. The summed E-state index contributed by atoms with van der Waals surface area (Å²) in [6.45, 7) is 2.09. The second kappa shape index (κ2) is 10.3. The van der Waals surface area contributed by atoms with Crippen molar-refractivity contribution in [2.75, 3.05) is 6.61 Å². The van der Waals surface area contributed by atoms with E-state index in [9.17, 15) is 14.7 Å². The molecule has 1 aliphatic rings. The van der Waals surface area contributed by atoms with E-state index in [-0.39, 0.29) is 23.7 Å². The van der Waals surface area contributed by atoms with Gasteiger partial charge in [-0.25, -0.2) is 0 Å². The minimum absolute atomic E-state index is 0.0229. The predicted octanol–water partition coefficient (Wildman–Crippen LogP) is 3.06. The van der Waals surface area contributed by atoms with Crippen LogP contribution in [-0.4, -0.2) is 28.7 Å². The van der Waals surface area contributed by atoms with E-state index in [4.69, 9.17) is 9.15 Å². The van der Waals surface area contributed by atoms with Crippen LogP contribution in [-0.2, 0) is 19.6 Å². The maximum atomic E-state index is 12.6. The lowest BCUT2D eigenvalue weighted by Crippen LogP contribution is -2.40. The van der Waals surface area contributed by atoms with Crippen molar-refractivity contribution >= 4 is 5.91 Å². The molecule has 0 aliphatic carbocycles. The van der Waals surface area contributed by atoms with E-state index < -0.39 is 6.23 Å². The zero-order chi connectivity index (χ0) is 22.3. The number of rotatable bonds is 9. The Morgan fingerprint density at radius 2 is 1.78 bits per heavy atom. The van der Waals surface area contributed by atoms with Gasteiger partial charge in [0.15, 0.2) is 6.23 Å². The topological polar surface area (TPSA) is 92.0 Å². The number of hydrogen-bond donors (Lipinski definition) is 2. The zero-order valence-corrected chi connectivity index (χ0v) is 17.7. The van der Waals surface area contributed by atoms with E-state index >= 15 is 0 Å². The van der Waals surface area contributed by atoms with Crippen LogP contribution in [0, 0.1) is 0 Å². The third-order valence-corrected chi connectivity index (χ3v) is 5.36. The van der Waals surface area contributed by atoms with Crippen LogP contribution in [0.1, 0.15) is 40.1 Å². The monoisotopic (exact) mass is 434 g/mol. The van der Waals surface area contributed by atoms with Crippen molar-refractivity contribution in [1.29, 1.82) is 0 Å². The smallest absolute Gasteiger partial charge is 0.254 e. The molecule has 1 aliphatic heterocycles. The fraction of sp³-hybridized carbons (Fsp3) is 0.280. The van der Waals surface area contributed by atoms with Crippen LogP contribution in [0.2, 0.25) is 0 Å². The lowest BCUT2D eigenvalue weighted by atomic mass is 10.1. The van der Waals surface area contributed by atoms with Gasteiger partial charge in [0.2, 0.25) is 11.2 Å². The van der Waals surface area contributed by atoms with Crippen molar-refractivity contribution < 1.29 is 19.1 Å². The first-order valence-corrected chi connectivity index (χ1v) is 10.7. The molecule has 4 rings (SSSR count). The van der Waals surface area contributed by atoms with Gasteiger partial charge >= 0.3 is 0 Å². The molecular weight excluding hydrogens is 408 g/mol. The van der Waals surface area contributed by atoms with Crippen LogP contribution in [0.25, 0.3) is 0 Å². The van der Waals surface area contributed by atoms with Crippen LogP contribution in [0.15, 0.2) is 76.1 Å². The average molecular weight is 434 g/mol. The largest absolute Gasteiger partial charge is 0.464 e. The number of hydrogen-bond acceptors (Lipinski definition) is 6. The SMILES string of the molecule is O=C(NC(CCCO)Oc1coc(CN2Cc3ccccc3C2)cc1=O)c1ccccc1. The molecule has 1 aromatic heterocycles. The highest BCUT2D eigenvalue weighted by Gasteiger charge is 2.21. The van der Waals surface area contributed by atoms with Gasteiger partial charge < -0.3 is 19.6 Å². The summed E-state index contributed by atoms with van der Waals surface area (Å²) < 4.78 is 11.4. The molecule has 0 radical (unpaired) electrons. The van der Waals surface area contributed by atoms with Gasteiger partial charge in [-0.05, 0) is 29.7 Å². The predicted molar refractivity (Wildman–Crippen MR) is 119 cm³/mol. The quantitative estimate of drug-likeness (QED) is 0.503. The van der Waals surface area contributed by atoms with Crippen LogP contribution >= 0.6 is 0 Å². The first-order valence-electron chi connectivity index (χ1n) is 10.7. The molecule has 7 heteroatoms. The number of ether oxygens (including phenoxy) is 1. The molecule has 0 spiro atoms. The Kier molecular flexibility index (Phi) is 6.99. The number of carbonyl (C=O) groups excluding carboxylic acids is 1. The summed E-state index contributed by atoms with van der Waals surface area (Å²) >= 11 is 0. The number of benzene rings is 2. The number of aliphatic hydroxyl groups excluding tert-OH is 1. The first-order chi connectivity index (χ1) is 15.6. The maximum Gasteiger partial charge on any atom is 0.254 e. The highest BCUT2D eigenvalue weighted by Crippen LogP contribution is 2.24. The Hall–Kier alpha value is -3.42. The molecule has 32 heavy (non-hydrogen) atoms. The van der Waals surface area contributed by atoms with Crippen molar-refractivity contribution in [3.63, 3.8) is 0 Å². The lowest BCUT2D eigenvalue weighted by Gasteiger charge is -2.20. The van der Waals surface area contributed by atoms with Gasteiger partial charge in [-0.3, -0.25) is 14.5 Å². The van der Waals surface area contributed by atoms with Gasteiger partial charge in [0.1, 0.15) is 12.0 Å². The van der Waals surface area contributed by atoms with Crippen molar-refractivity contribution in [1.82, 2.24) is 10.2 Å². The Labute approximate surface area is 186 Å². The van der Waals surface area contributed by atoms with E-state index in [2.05, 4.69) is 22.3 Å². The van der Waals surface area contributed by atoms with Crippen LogP contribution in [0.3, 0.4) is 0 Å². The van der Waals surface area contributed by atoms with E-state index in [1.165, 1.54) is 23.5 Å². The number of aliphatic hydroxyl groups is 1. The molecule has 0 saturated carbocycles. The van der Waals surface area contributed by atoms with Crippen molar-refractivity contribution in [3.05, 3.63) is 99.6 Å². The van der Waals surface area contributed by atoms with Crippen LogP contribution in [0.5, 0.6) is 5.75 Å². The van der Waals surface area contributed by atoms with Gasteiger partial charge in [-0.1, -0.05) is 42.5 Å². The molecular formula is C25H26N2O5. The van der Waals surface area contributed by atoms with Crippen molar-refractivity contribution in [3.8, 4) is 5.75 Å². The molecule has 2 aromatic carbocycles. The summed E-state index contributed by atoms with van der Waals surface area (Å²) in [6, 6.07) is 18.4. The first kappa shape index (κ1) is 21.8. The average Bonchev–Trinajstić information content (AvgIpc) is 3.22. The summed E-state index contributed by atoms with van der Waals surface area (Å²) in [4.78, 5) is 27.3. The number of fused-ring (bicyclic) bond motifs is 1. The van der Waals surface area contributed by atoms with Crippen LogP contribution in [0.4, 0.5) is 0 Å². The highest BCUT2D eigenvalue weighted by molar-refractivity contribution is 5.94. The fourth-order valence-electron chi connectivity index (χ4n) is 3.75. The van der Waals surface area contributed by atoms with Gasteiger partial charge in [0.05, 0.1) is 6.54 Å². The molecule has 0 saturated heterocycles. The summed E-state index contributed by atoms with van der Waals surface area (Å²) in [6.07, 6.45) is 1.29. The fourth-order valence-corrected chi connectivity index (χ4v) is 3.75. The molecule has 0 fully saturated rings. The zero-order valence-electron chi connectivity index (χ0n) is 17.7. The molecule has 1 atom stereocenters.